The summed E-state index contributed by atoms with van der Waals surface area (Å²) in [5, 5.41) is 19.9. The van der Waals surface area contributed by atoms with E-state index in [4.69, 9.17) is 16.7 Å². The van der Waals surface area contributed by atoms with Crippen molar-refractivity contribution in [2.24, 2.45) is 0 Å². The van der Waals surface area contributed by atoms with Gasteiger partial charge in [-0.3, -0.25) is 10.1 Å². The number of aliphatic hydroxyl groups is 1. The number of nitrogens with zero attached hydrogens (tertiary/aromatic N) is 2. The lowest BCUT2D eigenvalue weighted by Gasteiger charge is -2.17. The molecule has 0 unspecified atom stereocenters. The Morgan fingerprint density at radius 2 is 2.27 bits per heavy atom. The van der Waals surface area contributed by atoms with Crippen molar-refractivity contribution < 1.29 is 10.0 Å². The molecule has 0 aliphatic rings. The lowest BCUT2D eigenvalue weighted by molar-refractivity contribution is -0.384. The molecule has 82 valence electrons. The van der Waals surface area contributed by atoms with Crippen molar-refractivity contribution in [2.75, 3.05) is 25.1 Å². The van der Waals surface area contributed by atoms with Crippen molar-refractivity contribution in [1.82, 2.24) is 0 Å². The lowest BCUT2D eigenvalue weighted by atomic mass is 10.2. The highest BCUT2D eigenvalue weighted by Gasteiger charge is 2.16. The first-order valence-corrected chi connectivity index (χ1v) is 4.70. The first-order valence-electron chi connectivity index (χ1n) is 4.32. The zero-order valence-corrected chi connectivity index (χ0v) is 8.94. The van der Waals surface area contributed by atoms with Crippen molar-refractivity contribution in [1.29, 1.82) is 0 Å². The van der Waals surface area contributed by atoms with Gasteiger partial charge in [0.1, 0.15) is 5.69 Å². The van der Waals surface area contributed by atoms with E-state index >= 15 is 0 Å². The Hall–Kier alpha value is -1.33. The topological polar surface area (TPSA) is 66.6 Å². The third-order valence-corrected chi connectivity index (χ3v) is 2.22. The molecule has 5 nitrogen and oxygen atoms in total. The third kappa shape index (κ3) is 2.81. The number of anilines is 1. The average Bonchev–Trinajstić information content (AvgIpc) is 2.17. The van der Waals surface area contributed by atoms with Crippen LogP contribution >= 0.6 is 11.6 Å². The van der Waals surface area contributed by atoms with E-state index in [0.717, 1.165) is 0 Å². The molecule has 1 aromatic rings. The second-order valence-corrected chi connectivity index (χ2v) is 3.47. The van der Waals surface area contributed by atoms with E-state index in [2.05, 4.69) is 0 Å². The van der Waals surface area contributed by atoms with Gasteiger partial charge in [0.15, 0.2) is 0 Å². The summed E-state index contributed by atoms with van der Waals surface area (Å²) in [6.07, 6.45) is 0. The lowest BCUT2D eigenvalue weighted by Crippen LogP contribution is -2.22. The fourth-order valence-electron chi connectivity index (χ4n) is 1.23. The molecule has 0 aromatic heterocycles. The van der Waals surface area contributed by atoms with Crippen molar-refractivity contribution in [3.8, 4) is 0 Å². The maximum absolute atomic E-state index is 10.7. The Balaban J connectivity index is 3.12. The molecule has 0 radical (unpaired) electrons. The molecule has 1 rings (SSSR count). The number of nitro groups is 1. The number of rotatable bonds is 4. The van der Waals surface area contributed by atoms with Gasteiger partial charge in [-0.25, -0.2) is 0 Å². The SMILES string of the molecule is CN(CCO)c1cc(Cl)ccc1[N+](=O)[O-]. The number of likely N-dealkylation sites (N-methyl/N-ethyl adjacent to an activating group) is 1. The molecule has 0 atom stereocenters. The van der Waals surface area contributed by atoms with Gasteiger partial charge >= 0.3 is 0 Å². The standard InChI is InChI=1S/C9H11ClN2O3/c1-11(4-5-13)9-6-7(10)2-3-8(9)12(14)15/h2-3,6,13H,4-5H2,1H3. The van der Waals surface area contributed by atoms with Crippen LogP contribution in [0.4, 0.5) is 11.4 Å². The van der Waals surface area contributed by atoms with Gasteiger partial charge in [0.2, 0.25) is 0 Å². The monoisotopic (exact) mass is 230 g/mol. The van der Waals surface area contributed by atoms with Gasteiger partial charge in [-0.05, 0) is 12.1 Å². The Kier molecular flexibility index (Phi) is 3.88. The van der Waals surface area contributed by atoms with Crippen molar-refractivity contribution in [3.63, 3.8) is 0 Å². The molecule has 6 heteroatoms. The zero-order valence-electron chi connectivity index (χ0n) is 8.18. The maximum Gasteiger partial charge on any atom is 0.292 e. The second-order valence-electron chi connectivity index (χ2n) is 3.04. The molecule has 0 saturated carbocycles. The van der Waals surface area contributed by atoms with E-state index in [1.165, 1.54) is 18.2 Å². The molecule has 0 fully saturated rings. The van der Waals surface area contributed by atoms with E-state index in [1.807, 2.05) is 0 Å². The Morgan fingerprint density at radius 3 is 2.80 bits per heavy atom. The second kappa shape index (κ2) is 4.95. The van der Waals surface area contributed by atoms with Gasteiger partial charge in [0.05, 0.1) is 11.5 Å². The van der Waals surface area contributed by atoms with Crippen LogP contribution in [0.5, 0.6) is 0 Å². The van der Waals surface area contributed by atoms with E-state index in [-0.39, 0.29) is 12.3 Å². The van der Waals surface area contributed by atoms with Crippen LogP contribution in [-0.2, 0) is 0 Å². The molecule has 0 amide bonds. The highest BCUT2D eigenvalue weighted by atomic mass is 35.5. The Morgan fingerprint density at radius 1 is 1.60 bits per heavy atom. The van der Waals surface area contributed by atoms with E-state index < -0.39 is 4.92 Å². The molecule has 0 aliphatic heterocycles. The summed E-state index contributed by atoms with van der Waals surface area (Å²) in [5.74, 6) is 0. The first-order chi connectivity index (χ1) is 7.06. The summed E-state index contributed by atoms with van der Waals surface area (Å²) in [5.41, 5.74) is 0.386. The number of hydrogen-bond donors (Lipinski definition) is 1. The number of benzene rings is 1. The molecule has 0 spiro atoms. The predicted molar refractivity (Wildman–Crippen MR) is 58.5 cm³/mol. The number of aliphatic hydroxyl groups excluding tert-OH is 1. The van der Waals surface area contributed by atoms with Crippen molar-refractivity contribution in [2.45, 2.75) is 0 Å². The van der Waals surface area contributed by atoms with Crippen LogP contribution in [0.25, 0.3) is 0 Å². The van der Waals surface area contributed by atoms with Crippen molar-refractivity contribution >= 4 is 23.0 Å². The molecule has 15 heavy (non-hydrogen) atoms. The fraction of sp³-hybridized carbons (Fsp3) is 0.333. The van der Waals surface area contributed by atoms with Gasteiger partial charge in [-0.1, -0.05) is 11.6 Å². The highest BCUT2D eigenvalue weighted by Crippen LogP contribution is 2.29. The highest BCUT2D eigenvalue weighted by molar-refractivity contribution is 6.31. The normalized spacial score (nSPS) is 10.1. The molecular weight excluding hydrogens is 220 g/mol. The first kappa shape index (κ1) is 11.7. The molecule has 0 aliphatic carbocycles. The summed E-state index contributed by atoms with van der Waals surface area (Å²) in [6.45, 7) is 0.251. The Bertz CT molecular complexity index is 370. The number of hydrogen-bond acceptors (Lipinski definition) is 4. The zero-order chi connectivity index (χ0) is 11.4. The molecule has 1 N–H and O–H groups in total. The quantitative estimate of drug-likeness (QED) is 0.631. The Labute approximate surface area is 92.0 Å². The van der Waals surface area contributed by atoms with Crippen molar-refractivity contribution in [3.05, 3.63) is 33.3 Å². The van der Waals surface area contributed by atoms with Gasteiger partial charge < -0.3 is 10.0 Å². The van der Waals surface area contributed by atoms with Crippen LogP contribution in [-0.4, -0.2) is 30.2 Å². The van der Waals surface area contributed by atoms with E-state index in [1.54, 1.807) is 11.9 Å². The molecule has 0 bridgehead atoms. The largest absolute Gasteiger partial charge is 0.395 e. The maximum atomic E-state index is 10.7. The van der Waals surface area contributed by atoms with E-state index in [0.29, 0.717) is 17.3 Å². The minimum Gasteiger partial charge on any atom is -0.395 e. The van der Waals surface area contributed by atoms with E-state index in [9.17, 15) is 10.1 Å². The molecule has 0 heterocycles. The summed E-state index contributed by atoms with van der Waals surface area (Å²) in [6, 6.07) is 4.33. The molecule has 1 aromatic carbocycles. The molecular formula is C9H11ClN2O3. The van der Waals surface area contributed by atoms with Gasteiger partial charge in [0, 0.05) is 24.7 Å². The van der Waals surface area contributed by atoms with Gasteiger partial charge in [-0.2, -0.15) is 0 Å². The minimum absolute atomic E-state index is 0.0182. The predicted octanol–water partition coefficient (Wildman–Crippen LogP) is 1.68. The van der Waals surface area contributed by atoms with Crippen LogP contribution < -0.4 is 4.90 Å². The van der Waals surface area contributed by atoms with Gasteiger partial charge in [-0.15, -0.1) is 0 Å². The van der Waals surface area contributed by atoms with Crippen LogP contribution in [0.1, 0.15) is 0 Å². The van der Waals surface area contributed by atoms with Crippen LogP contribution in [0.2, 0.25) is 5.02 Å². The number of nitro benzene ring substituents is 1. The third-order valence-electron chi connectivity index (χ3n) is 1.98. The van der Waals surface area contributed by atoms with Crippen LogP contribution in [0.3, 0.4) is 0 Å². The summed E-state index contributed by atoms with van der Waals surface area (Å²) >= 11 is 5.75. The fourth-order valence-corrected chi connectivity index (χ4v) is 1.39. The van der Waals surface area contributed by atoms with Crippen LogP contribution in [0, 0.1) is 10.1 Å². The molecule has 0 saturated heterocycles. The number of halogens is 1. The summed E-state index contributed by atoms with van der Waals surface area (Å²) in [7, 11) is 1.66. The summed E-state index contributed by atoms with van der Waals surface area (Å²) in [4.78, 5) is 11.8. The smallest absolute Gasteiger partial charge is 0.292 e. The average molecular weight is 231 g/mol. The summed E-state index contributed by atoms with van der Waals surface area (Å²) < 4.78 is 0. The van der Waals surface area contributed by atoms with Gasteiger partial charge in [0.25, 0.3) is 5.69 Å². The minimum atomic E-state index is -0.473. The van der Waals surface area contributed by atoms with Crippen LogP contribution in [0.15, 0.2) is 18.2 Å².